The van der Waals surface area contributed by atoms with Gasteiger partial charge < -0.3 is 15.4 Å². The van der Waals surface area contributed by atoms with Crippen LogP contribution in [-0.2, 0) is 11.8 Å². The monoisotopic (exact) mass is 205 g/mol. The first-order chi connectivity index (χ1) is 7.11. The second-order valence-electron chi connectivity index (χ2n) is 3.39. The van der Waals surface area contributed by atoms with Crippen molar-refractivity contribution in [1.82, 2.24) is 9.55 Å². The molecule has 0 unspecified atom stereocenters. The summed E-state index contributed by atoms with van der Waals surface area (Å²) in [6.07, 6.45) is 3.37. The van der Waals surface area contributed by atoms with E-state index in [0.717, 1.165) is 11.4 Å². The SMILES string of the molecule is Cn1cccc2c([C@@H](N)C(=O)O)cnc1-2. The van der Waals surface area contributed by atoms with E-state index in [2.05, 4.69) is 4.98 Å². The molecular formula is C10H11N3O2. The van der Waals surface area contributed by atoms with E-state index in [1.807, 2.05) is 29.9 Å². The van der Waals surface area contributed by atoms with Gasteiger partial charge in [0.1, 0.15) is 11.9 Å². The molecule has 0 aromatic rings. The zero-order valence-electron chi connectivity index (χ0n) is 8.21. The van der Waals surface area contributed by atoms with Crippen molar-refractivity contribution in [3.63, 3.8) is 0 Å². The molecule has 0 spiro atoms. The zero-order chi connectivity index (χ0) is 11.0. The third-order valence-electron chi connectivity index (χ3n) is 2.39. The summed E-state index contributed by atoms with van der Waals surface area (Å²) in [6.45, 7) is 0. The Morgan fingerprint density at radius 3 is 3.07 bits per heavy atom. The van der Waals surface area contributed by atoms with Gasteiger partial charge in [0.15, 0.2) is 0 Å². The Bertz CT molecular complexity index is 478. The Kier molecular flexibility index (Phi) is 2.17. The number of aliphatic carboxylic acids is 1. The number of aryl methyl sites for hydroxylation is 1. The lowest BCUT2D eigenvalue weighted by molar-refractivity contribution is -0.138. The fourth-order valence-corrected chi connectivity index (χ4v) is 1.57. The molecule has 3 N–H and O–H groups in total. The fraction of sp³-hybridized carbons (Fsp3) is 0.200. The molecular weight excluding hydrogens is 194 g/mol. The number of carbonyl (C=O) groups is 1. The van der Waals surface area contributed by atoms with Crippen LogP contribution in [0.3, 0.4) is 0 Å². The summed E-state index contributed by atoms with van der Waals surface area (Å²) in [4.78, 5) is 14.9. The highest BCUT2D eigenvalue weighted by molar-refractivity contribution is 5.79. The highest BCUT2D eigenvalue weighted by Crippen LogP contribution is 2.27. The Morgan fingerprint density at radius 2 is 2.40 bits per heavy atom. The largest absolute Gasteiger partial charge is 0.480 e. The van der Waals surface area contributed by atoms with E-state index in [9.17, 15) is 4.79 Å². The number of carboxylic acids is 1. The van der Waals surface area contributed by atoms with Crippen LogP contribution in [0.4, 0.5) is 0 Å². The van der Waals surface area contributed by atoms with Crippen molar-refractivity contribution in [3.05, 3.63) is 30.1 Å². The highest BCUT2D eigenvalue weighted by atomic mass is 16.4. The molecule has 0 bridgehead atoms. The van der Waals surface area contributed by atoms with Crippen LogP contribution in [0.25, 0.3) is 11.4 Å². The highest BCUT2D eigenvalue weighted by Gasteiger charge is 2.22. The maximum atomic E-state index is 10.8. The molecule has 2 heterocycles. The van der Waals surface area contributed by atoms with Gasteiger partial charge in [-0.05, 0) is 12.1 Å². The number of nitrogens with two attached hydrogens (primary N) is 1. The van der Waals surface area contributed by atoms with Crippen molar-refractivity contribution < 1.29 is 9.90 Å². The molecule has 2 rings (SSSR count). The standard InChI is InChI=1S/C10H11N3O2/c1-13-4-2-3-6-7(5-12-9(6)13)8(11)10(14)15/h2-5,8H,11H2,1H3,(H,14,15)/t8-/m1/s1. The molecule has 1 atom stereocenters. The lowest BCUT2D eigenvalue weighted by atomic mass is 10.1. The summed E-state index contributed by atoms with van der Waals surface area (Å²) in [5.74, 6) is -0.306. The van der Waals surface area contributed by atoms with Crippen LogP contribution in [-0.4, -0.2) is 20.6 Å². The van der Waals surface area contributed by atoms with Crippen LogP contribution in [0.1, 0.15) is 11.6 Å². The average Bonchev–Trinajstić information content (AvgIpc) is 2.61. The minimum absolute atomic E-state index is 0.550. The molecule has 0 aromatic heterocycles. The van der Waals surface area contributed by atoms with E-state index in [1.54, 1.807) is 0 Å². The van der Waals surface area contributed by atoms with Gasteiger partial charge in [-0.3, -0.25) is 4.79 Å². The zero-order valence-corrected chi connectivity index (χ0v) is 8.21. The van der Waals surface area contributed by atoms with Gasteiger partial charge >= 0.3 is 5.97 Å². The predicted molar refractivity (Wildman–Crippen MR) is 54.4 cm³/mol. The third kappa shape index (κ3) is 1.46. The first-order valence-corrected chi connectivity index (χ1v) is 4.49. The van der Waals surface area contributed by atoms with E-state index < -0.39 is 12.0 Å². The second-order valence-corrected chi connectivity index (χ2v) is 3.39. The number of pyridine rings is 1. The van der Waals surface area contributed by atoms with Crippen LogP contribution in [0.5, 0.6) is 0 Å². The molecule has 15 heavy (non-hydrogen) atoms. The molecule has 5 heteroatoms. The number of aromatic nitrogens is 2. The van der Waals surface area contributed by atoms with Crippen molar-refractivity contribution >= 4 is 5.97 Å². The van der Waals surface area contributed by atoms with Crippen LogP contribution in [0.2, 0.25) is 0 Å². The molecule has 2 aliphatic heterocycles. The van der Waals surface area contributed by atoms with Gasteiger partial charge in [0.05, 0.1) is 0 Å². The molecule has 0 saturated heterocycles. The van der Waals surface area contributed by atoms with Crippen LogP contribution >= 0.6 is 0 Å². The van der Waals surface area contributed by atoms with E-state index >= 15 is 0 Å². The van der Waals surface area contributed by atoms with Gasteiger partial charge in [0.2, 0.25) is 0 Å². The lowest BCUT2D eigenvalue weighted by Gasteiger charge is -2.09. The molecule has 0 amide bonds. The molecule has 0 radical (unpaired) electrons. The number of hydrogen-bond donors (Lipinski definition) is 2. The molecule has 0 aromatic carbocycles. The topological polar surface area (TPSA) is 81.1 Å². The molecule has 0 saturated carbocycles. The van der Waals surface area contributed by atoms with E-state index in [4.69, 9.17) is 10.8 Å². The van der Waals surface area contributed by atoms with Gasteiger partial charge in [0, 0.05) is 30.6 Å². The van der Waals surface area contributed by atoms with Crippen molar-refractivity contribution in [2.24, 2.45) is 12.8 Å². The lowest BCUT2D eigenvalue weighted by Crippen LogP contribution is -2.20. The Labute approximate surface area is 86.5 Å². The minimum Gasteiger partial charge on any atom is -0.480 e. The van der Waals surface area contributed by atoms with Crippen LogP contribution in [0, 0.1) is 0 Å². The maximum absolute atomic E-state index is 10.8. The van der Waals surface area contributed by atoms with Gasteiger partial charge in [-0.1, -0.05) is 0 Å². The number of hydrogen-bond acceptors (Lipinski definition) is 3. The van der Waals surface area contributed by atoms with E-state index in [-0.39, 0.29) is 0 Å². The first-order valence-electron chi connectivity index (χ1n) is 4.49. The summed E-state index contributed by atoms with van der Waals surface area (Å²) in [6, 6.07) is 2.64. The van der Waals surface area contributed by atoms with E-state index in [0.29, 0.717) is 5.56 Å². The van der Waals surface area contributed by atoms with Crippen molar-refractivity contribution in [1.29, 1.82) is 0 Å². The fourth-order valence-electron chi connectivity index (χ4n) is 1.57. The van der Waals surface area contributed by atoms with Crippen molar-refractivity contribution in [2.75, 3.05) is 0 Å². The van der Waals surface area contributed by atoms with Gasteiger partial charge in [-0.2, -0.15) is 0 Å². The van der Waals surface area contributed by atoms with Gasteiger partial charge in [-0.15, -0.1) is 0 Å². The van der Waals surface area contributed by atoms with Crippen LogP contribution < -0.4 is 5.73 Å². The Hall–Kier alpha value is -1.88. The molecule has 78 valence electrons. The maximum Gasteiger partial charge on any atom is 0.325 e. The normalized spacial score (nSPS) is 12.9. The predicted octanol–water partition coefficient (Wildman–Crippen LogP) is 0.609. The molecule has 5 nitrogen and oxygen atoms in total. The Balaban J connectivity index is 2.54. The van der Waals surface area contributed by atoms with E-state index in [1.165, 1.54) is 6.20 Å². The Morgan fingerprint density at radius 1 is 1.67 bits per heavy atom. The molecule has 0 aliphatic carbocycles. The molecule has 2 aliphatic rings. The second kappa shape index (κ2) is 3.36. The van der Waals surface area contributed by atoms with Gasteiger partial charge in [0.25, 0.3) is 0 Å². The molecule has 0 fully saturated rings. The van der Waals surface area contributed by atoms with Gasteiger partial charge in [-0.25, -0.2) is 4.98 Å². The van der Waals surface area contributed by atoms with Crippen LogP contribution in [0.15, 0.2) is 24.5 Å². The first kappa shape index (κ1) is 9.67. The summed E-state index contributed by atoms with van der Waals surface area (Å²) in [5, 5.41) is 8.82. The quantitative estimate of drug-likeness (QED) is 0.752. The summed E-state index contributed by atoms with van der Waals surface area (Å²) >= 11 is 0. The summed E-state index contributed by atoms with van der Waals surface area (Å²) < 4.78 is 1.83. The van der Waals surface area contributed by atoms with Crippen molar-refractivity contribution in [3.8, 4) is 11.4 Å². The number of fused-ring (bicyclic) bond motifs is 1. The van der Waals surface area contributed by atoms with Crippen molar-refractivity contribution in [2.45, 2.75) is 6.04 Å². The number of carboxylic acid groups (broad SMARTS) is 1. The number of nitrogens with zero attached hydrogens (tertiary/aromatic N) is 2. The summed E-state index contributed by atoms with van der Waals surface area (Å²) in [5.41, 5.74) is 6.89. The summed E-state index contributed by atoms with van der Waals surface area (Å²) in [7, 11) is 1.85. The average molecular weight is 205 g/mol. The number of rotatable bonds is 2. The third-order valence-corrected chi connectivity index (χ3v) is 2.39. The minimum atomic E-state index is -1.05. The smallest absolute Gasteiger partial charge is 0.325 e.